The van der Waals surface area contributed by atoms with Crippen LogP contribution in [0.3, 0.4) is 0 Å². The number of nitrogens with zero attached hydrogens (tertiary/aromatic N) is 4. The second-order valence-electron chi connectivity index (χ2n) is 6.66. The lowest BCUT2D eigenvalue weighted by Gasteiger charge is -2.36. The highest BCUT2D eigenvalue weighted by Gasteiger charge is 2.26. The van der Waals surface area contributed by atoms with Gasteiger partial charge in [0.15, 0.2) is 5.58 Å². The molecule has 6 nitrogen and oxygen atoms in total. The Balaban J connectivity index is 1.36. The maximum atomic E-state index is 12.5. The molecular formula is C22H20N4O2. The number of carbonyl (C=O) groups excluding carboxylic acids is 1. The van der Waals surface area contributed by atoms with Gasteiger partial charge in [-0.15, -0.1) is 0 Å². The summed E-state index contributed by atoms with van der Waals surface area (Å²) in [4.78, 5) is 20.7. The summed E-state index contributed by atoms with van der Waals surface area (Å²) in [5.74, 6) is 0.344. The van der Waals surface area contributed by atoms with Crippen LogP contribution < -0.4 is 0 Å². The van der Waals surface area contributed by atoms with Crippen LogP contribution >= 0.6 is 0 Å². The van der Waals surface area contributed by atoms with E-state index in [1.54, 1.807) is 11.0 Å². The molecule has 6 heteroatoms. The van der Waals surface area contributed by atoms with Crippen LogP contribution in [0, 0.1) is 11.3 Å². The standard InChI is InChI=1S/C22H20N4O2/c23-16-19(17-6-2-1-3-7-17)25-12-14-26(15-13-25)22(27)11-10-21-24-18-8-4-5-9-20(18)28-21/h1-11,19H,12-15H2/b11-10+. The van der Waals surface area contributed by atoms with Crippen LogP contribution in [0.15, 0.2) is 65.1 Å². The van der Waals surface area contributed by atoms with Crippen LogP contribution in [0.1, 0.15) is 17.5 Å². The SMILES string of the molecule is N#CC(c1ccccc1)N1CCN(C(=O)/C=C/c2nc3ccccc3o2)CC1. The Bertz CT molecular complexity index is 994. The Labute approximate surface area is 163 Å². The summed E-state index contributed by atoms with van der Waals surface area (Å²) in [5, 5.41) is 9.58. The van der Waals surface area contributed by atoms with Gasteiger partial charge in [-0.3, -0.25) is 9.69 Å². The quantitative estimate of drug-likeness (QED) is 0.657. The van der Waals surface area contributed by atoms with Crippen LogP contribution in [0.25, 0.3) is 17.2 Å². The van der Waals surface area contributed by atoms with E-state index >= 15 is 0 Å². The molecule has 0 N–H and O–H groups in total. The smallest absolute Gasteiger partial charge is 0.246 e. The average molecular weight is 372 g/mol. The highest BCUT2D eigenvalue weighted by atomic mass is 16.3. The molecule has 28 heavy (non-hydrogen) atoms. The molecule has 1 amide bonds. The fraction of sp³-hybridized carbons (Fsp3) is 0.227. The number of hydrogen-bond donors (Lipinski definition) is 0. The maximum absolute atomic E-state index is 12.5. The Hall–Kier alpha value is -3.43. The van der Waals surface area contributed by atoms with Gasteiger partial charge < -0.3 is 9.32 Å². The minimum Gasteiger partial charge on any atom is -0.437 e. The van der Waals surface area contributed by atoms with Gasteiger partial charge in [0, 0.05) is 38.3 Å². The molecule has 1 saturated heterocycles. The molecule has 1 unspecified atom stereocenters. The summed E-state index contributed by atoms with van der Waals surface area (Å²) in [7, 11) is 0. The number of nitriles is 1. The average Bonchev–Trinajstić information content (AvgIpc) is 3.17. The van der Waals surface area contributed by atoms with Crippen molar-refractivity contribution in [2.45, 2.75) is 6.04 Å². The molecule has 3 aromatic rings. The zero-order valence-corrected chi connectivity index (χ0v) is 15.4. The third-order valence-corrected chi connectivity index (χ3v) is 4.91. The number of aromatic nitrogens is 1. The van der Waals surface area contributed by atoms with E-state index in [2.05, 4.69) is 16.0 Å². The first-order valence-electron chi connectivity index (χ1n) is 9.26. The number of carbonyl (C=O) groups is 1. The van der Waals surface area contributed by atoms with Crippen molar-refractivity contribution in [2.75, 3.05) is 26.2 Å². The fourth-order valence-electron chi connectivity index (χ4n) is 3.41. The van der Waals surface area contributed by atoms with Crippen molar-refractivity contribution in [1.82, 2.24) is 14.8 Å². The number of piperazine rings is 1. The largest absolute Gasteiger partial charge is 0.437 e. The highest BCUT2D eigenvalue weighted by Crippen LogP contribution is 2.21. The third-order valence-electron chi connectivity index (χ3n) is 4.91. The highest BCUT2D eigenvalue weighted by molar-refractivity contribution is 5.91. The molecule has 2 heterocycles. The number of para-hydroxylation sites is 2. The molecule has 0 spiro atoms. The summed E-state index contributed by atoms with van der Waals surface area (Å²) >= 11 is 0. The van der Waals surface area contributed by atoms with E-state index in [1.807, 2.05) is 54.6 Å². The van der Waals surface area contributed by atoms with Gasteiger partial charge in [-0.1, -0.05) is 42.5 Å². The maximum Gasteiger partial charge on any atom is 0.246 e. The van der Waals surface area contributed by atoms with E-state index < -0.39 is 0 Å². The van der Waals surface area contributed by atoms with Crippen molar-refractivity contribution in [3.8, 4) is 6.07 Å². The lowest BCUT2D eigenvalue weighted by molar-refractivity contribution is -0.127. The number of fused-ring (bicyclic) bond motifs is 1. The molecule has 1 aliphatic rings. The van der Waals surface area contributed by atoms with Crippen LogP contribution in [0.2, 0.25) is 0 Å². The molecule has 1 atom stereocenters. The third kappa shape index (κ3) is 3.80. The van der Waals surface area contributed by atoms with E-state index in [0.717, 1.165) is 11.1 Å². The predicted molar refractivity (Wildman–Crippen MR) is 106 cm³/mol. The van der Waals surface area contributed by atoms with Crippen molar-refractivity contribution in [3.63, 3.8) is 0 Å². The summed E-state index contributed by atoms with van der Waals surface area (Å²) in [6, 6.07) is 19.4. The molecule has 0 bridgehead atoms. The van der Waals surface area contributed by atoms with Crippen LogP contribution in [0.5, 0.6) is 0 Å². The topological polar surface area (TPSA) is 73.4 Å². The van der Waals surface area contributed by atoms with Gasteiger partial charge in [0.05, 0.1) is 6.07 Å². The van der Waals surface area contributed by atoms with E-state index in [4.69, 9.17) is 4.42 Å². The van der Waals surface area contributed by atoms with Gasteiger partial charge in [0.1, 0.15) is 11.6 Å². The molecule has 140 valence electrons. The molecule has 1 fully saturated rings. The van der Waals surface area contributed by atoms with E-state index in [-0.39, 0.29) is 11.9 Å². The molecule has 2 aromatic carbocycles. The van der Waals surface area contributed by atoms with Crippen LogP contribution in [0.4, 0.5) is 0 Å². The number of amides is 1. The first-order chi connectivity index (χ1) is 13.7. The van der Waals surface area contributed by atoms with Crippen molar-refractivity contribution in [3.05, 3.63) is 72.1 Å². The zero-order chi connectivity index (χ0) is 19.3. The summed E-state index contributed by atoms with van der Waals surface area (Å²) in [5.41, 5.74) is 2.46. The van der Waals surface area contributed by atoms with Gasteiger partial charge in [0.2, 0.25) is 11.8 Å². The molecule has 0 aliphatic carbocycles. The normalized spacial score (nSPS) is 16.3. The van der Waals surface area contributed by atoms with Crippen LogP contribution in [-0.4, -0.2) is 46.9 Å². The van der Waals surface area contributed by atoms with Crippen molar-refractivity contribution >= 4 is 23.1 Å². The second-order valence-corrected chi connectivity index (χ2v) is 6.66. The second kappa shape index (κ2) is 8.07. The van der Waals surface area contributed by atoms with Gasteiger partial charge in [-0.05, 0) is 17.7 Å². The van der Waals surface area contributed by atoms with E-state index in [9.17, 15) is 10.1 Å². The Kier molecular flexibility index (Phi) is 5.18. The van der Waals surface area contributed by atoms with Crippen molar-refractivity contribution in [2.24, 2.45) is 0 Å². The first-order valence-corrected chi connectivity index (χ1v) is 9.26. The summed E-state index contributed by atoms with van der Waals surface area (Å²) in [6.07, 6.45) is 3.11. The molecule has 0 saturated carbocycles. The molecule has 4 rings (SSSR count). The Morgan fingerprint density at radius 2 is 1.79 bits per heavy atom. The van der Waals surface area contributed by atoms with E-state index in [1.165, 1.54) is 6.08 Å². The summed E-state index contributed by atoms with van der Waals surface area (Å²) < 4.78 is 5.60. The number of oxazole rings is 1. The van der Waals surface area contributed by atoms with Gasteiger partial charge in [-0.2, -0.15) is 5.26 Å². The molecule has 1 aromatic heterocycles. The van der Waals surface area contributed by atoms with Gasteiger partial charge in [0.25, 0.3) is 0 Å². The summed E-state index contributed by atoms with van der Waals surface area (Å²) in [6.45, 7) is 2.49. The Morgan fingerprint density at radius 3 is 2.50 bits per heavy atom. The minimum atomic E-state index is -0.284. The Morgan fingerprint density at radius 1 is 1.07 bits per heavy atom. The lowest BCUT2D eigenvalue weighted by atomic mass is 10.1. The van der Waals surface area contributed by atoms with Crippen molar-refractivity contribution < 1.29 is 9.21 Å². The monoisotopic (exact) mass is 372 g/mol. The number of rotatable bonds is 4. The van der Waals surface area contributed by atoms with Crippen LogP contribution in [-0.2, 0) is 4.79 Å². The van der Waals surface area contributed by atoms with E-state index in [0.29, 0.717) is 37.7 Å². The zero-order valence-electron chi connectivity index (χ0n) is 15.4. The molecular weight excluding hydrogens is 352 g/mol. The lowest BCUT2D eigenvalue weighted by Crippen LogP contribution is -2.49. The fourth-order valence-corrected chi connectivity index (χ4v) is 3.41. The number of benzene rings is 2. The number of hydrogen-bond acceptors (Lipinski definition) is 5. The van der Waals surface area contributed by atoms with Crippen molar-refractivity contribution in [1.29, 1.82) is 5.26 Å². The molecule has 0 radical (unpaired) electrons. The predicted octanol–water partition coefficient (Wildman–Crippen LogP) is 3.25. The minimum absolute atomic E-state index is 0.0740. The van der Waals surface area contributed by atoms with Gasteiger partial charge in [-0.25, -0.2) is 4.98 Å². The van der Waals surface area contributed by atoms with Gasteiger partial charge >= 0.3 is 0 Å². The molecule has 1 aliphatic heterocycles. The first kappa shape index (κ1) is 18.0.